The fourth-order valence-corrected chi connectivity index (χ4v) is 3.13. The third kappa shape index (κ3) is 3.94. The fraction of sp³-hybridized carbons (Fsp3) is 0.444. The number of amides is 1. The number of oxazole rings is 1. The number of carbonyl (C=O) groups excluding carboxylic acids is 1. The van der Waals surface area contributed by atoms with Gasteiger partial charge in [0.15, 0.2) is 11.7 Å². The molecule has 4 nitrogen and oxygen atoms in total. The molecule has 2 heterocycles. The number of nitrogens with zero attached hydrogens (tertiary/aromatic N) is 2. The van der Waals surface area contributed by atoms with Crippen LogP contribution >= 0.6 is 11.6 Å². The lowest BCUT2D eigenvalue weighted by molar-refractivity contribution is -0.134. The number of halogens is 1. The number of aryl methyl sites for hydroxylation is 1. The molecule has 0 radical (unpaired) electrons. The van der Waals surface area contributed by atoms with E-state index in [1.54, 1.807) is 6.20 Å². The molecule has 1 aromatic carbocycles. The van der Waals surface area contributed by atoms with Gasteiger partial charge in [-0.3, -0.25) is 4.79 Å². The van der Waals surface area contributed by atoms with Crippen molar-refractivity contribution in [2.24, 2.45) is 0 Å². The molecule has 3 rings (SSSR count). The molecule has 1 saturated heterocycles. The number of carbonyl (C=O) groups is 1. The SMILES string of the molecule is CC1CCCCN1C(=O)CCc1ncc(-c2ccc(Cl)cc2)o1. The highest BCUT2D eigenvalue weighted by molar-refractivity contribution is 6.30. The van der Waals surface area contributed by atoms with Gasteiger partial charge in [0.1, 0.15) is 0 Å². The third-order valence-electron chi connectivity index (χ3n) is 4.36. The highest BCUT2D eigenvalue weighted by atomic mass is 35.5. The number of piperidine rings is 1. The van der Waals surface area contributed by atoms with Gasteiger partial charge in [-0.25, -0.2) is 4.98 Å². The summed E-state index contributed by atoms with van der Waals surface area (Å²) in [6.07, 6.45) is 6.11. The number of hydrogen-bond acceptors (Lipinski definition) is 3. The molecular formula is C18H21ClN2O2. The molecule has 0 aliphatic carbocycles. The van der Waals surface area contributed by atoms with Crippen LogP contribution in [0.4, 0.5) is 0 Å². The van der Waals surface area contributed by atoms with Crippen molar-refractivity contribution in [2.75, 3.05) is 6.54 Å². The van der Waals surface area contributed by atoms with Crippen LogP contribution in [-0.2, 0) is 11.2 Å². The lowest BCUT2D eigenvalue weighted by Gasteiger charge is -2.33. The average molecular weight is 333 g/mol. The van der Waals surface area contributed by atoms with Gasteiger partial charge < -0.3 is 9.32 Å². The predicted molar refractivity (Wildman–Crippen MR) is 90.3 cm³/mol. The first-order valence-electron chi connectivity index (χ1n) is 8.13. The van der Waals surface area contributed by atoms with Gasteiger partial charge in [0.25, 0.3) is 0 Å². The predicted octanol–water partition coefficient (Wildman–Crippen LogP) is 4.33. The van der Waals surface area contributed by atoms with Crippen molar-refractivity contribution < 1.29 is 9.21 Å². The Morgan fingerprint density at radius 2 is 2.13 bits per heavy atom. The maximum Gasteiger partial charge on any atom is 0.223 e. The zero-order valence-corrected chi connectivity index (χ0v) is 14.1. The van der Waals surface area contributed by atoms with Gasteiger partial charge in [0.2, 0.25) is 5.91 Å². The van der Waals surface area contributed by atoms with Crippen LogP contribution in [0.1, 0.15) is 38.5 Å². The summed E-state index contributed by atoms with van der Waals surface area (Å²) in [6, 6.07) is 7.78. The number of rotatable bonds is 4. The highest BCUT2D eigenvalue weighted by Crippen LogP contribution is 2.23. The van der Waals surface area contributed by atoms with Crippen molar-refractivity contribution in [2.45, 2.75) is 45.1 Å². The fourth-order valence-electron chi connectivity index (χ4n) is 3.00. The van der Waals surface area contributed by atoms with Gasteiger partial charge in [0, 0.05) is 36.0 Å². The Bertz CT molecular complexity index is 666. The van der Waals surface area contributed by atoms with E-state index in [2.05, 4.69) is 11.9 Å². The Morgan fingerprint density at radius 3 is 2.87 bits per heavy atom. The van der Waals surface area contributed by atoms with Crippen LogP contribution in [0.2, 0.25) is 5.02 Å². The molecule has 5 heteroatoms. The Labute approximate surface area is 141 Å². The molecule has 0 N–H and O–H groups in total. The van der Waals surface area contributed by atoms with E-state index in [0.717, 1.165) is 24.9 Å². The first-order chi connectivity index (χ1) is 11.1. The Hall–Kier alpha value is -1.81. The summed E-state index contributed by atoms with van der Waals surface area (Å²) >= 11 is 5.89. The highest BCUT2D eigenvalue weighted by Gasteiger charge is 2.23. The molecule has 1 fully saturated rings. The van der Waals surface area contributed by atoms with Gasteiger partial charge in [-0.05, 0) is 50.5 Å². The summed E-state index contributed by atoms with van der Waals surface area (Å²) in [5.74, 6) is 1.51. The molecule has 1 unspecified atom stereocenters. The van der Waals surface area contributed by atoms with Crippen LogP contribution in [0.15, 0.2) is 34.9 Å². The quantitative estimate of drug-likeness (QED) is 0.837. The van der Waals surface area contributed by atoms with E-state index in [-0.39, 0.29) is 5.91 Å². The van der Waals surface area contributed by atoms with Crippen molar-refractivity contribution in [3.05, 3.63) is 41.4 Å². The zero-order chi connectivity index (χ0) is 16.2. The molecule has 0 saturated carbocycles. The van der Waals surface area contributed by atoms with Crippen molar-refractivity contribution in [1.82, 2.24) is 9.88 Å². The first-order valence-corrected chi connectivity index (χ1v) is 8.51. The smallest absolute Gasteiger partial charge is 0.223 e. The molecule has 0 spiro atoms. The molecule has 1 atom stereocenters. The molecule has 1 amide bonds. The van der Waals surface area contributed by atoms with Crippen LogP contribution in [0, 0.1) is 0 Å². The van der Waals surface area contributed by atoms with Gasteiger partial charge in [-0.1, -0.05) is 11.6 Å². The van der Waals surface area contributed by atoms with Gasteiger partial charge in [0.05, 0.1) is 6.20 Å². The summed E-state index contributed by atoms with van der Waals surface area (Å²) in [5, 5.41) is 0.690. The van der Waals surface area contributed by atoms with Crippen molar-refractivity contribution >= 4 is 17.5 Å². The van der Waals surface area contributed by atoms with Gasteiger partial charge in [-0.2, -0.15) is 0 Å². The summed E-state index contributed by atoms with van der Waals surface area (Å²) in [5.41, 5.74) is 0.934. The van der Waals surface area contributed by atoms with E-state index in [1.165, 1.54) is 6.42 Å². The second kappa shape index (κ2) is 7.18. The minimum atomic E-state index is 0.198. The van der Waals surface area contributed by atoms with Gasteiger partial charge >= 0.3 is 0 Å². The zero-order valence-electron chi connectivity index (χ0n) is 13.3. The molecule has 0 bridgehead atoms. The summed E-state index contributed by atoms with van der Waals surface area (Å²) in [7, 11) is 0. The maximum atomic E-state index is 12.3. The van der Waals surface area contributed by atoms with E-state index in [0.29, 0.717) is 35.6 Å². The second-order valence-corrected chi connectivity index (χ2v) is 6.49. The molecular weight excluding hydrogens is 312 g/mol. The Kier molecular flexibility index (Phi) is 5.01. The van der Waals surface area contributed by atoms with E-state index in [9.17, 15) is 4.79 Å². The molecule has 1 aromatic heterocycles. The molecule has 1 aliphatic rings. The van der Waals surface area contributed by atoms with Crippen molar-refractivity contribution in [3.8, 4) is 11.3 Å². The summed E-state index contributed by atoms with van der Waals surface area (Å²) in [6.45, 7) is 3.00. The van der Waals surface area contributed by atoms with Crippen LogP contribution in [0.5, 0.6) is 0 Å². The third-order valence-corrected chi connectivity index (χ3v) is 4.61. The Morgan fingerprint density at radius 1 is 1.35 bits per heavy atom. The van der Waals surface area contributed by atoms with Gasteiger partial charge in [-0.15, -0.1) is 0 Å². The van der Waals surface area contributed by atoms with E-state index < -0.39 is 0 Å². The summed E-state index contributed by atoms with van der Waals surface area (Å²) in [4.78, 5) is 18.6. The molecule has 23 heavy (non-hydrogen) atoms. The molecule has 122 valence electrons. The van der Waals surface area contributed by atoms with E-state index in [4.69, 9.17) is 16.0 Å². The van der Waals surface area contributed by atoms with Crippen LogP contribution in [0.25, 0.3) is 11.3 Å². The lowest BCUT2D eigenvalue weighted by atomic mass is 10.0. The number of likely N-dealkylation sites (tertiary alicyclic amines) is 1. The lowest BCUT2D eigenvalue weighted by Crippen LogP contribution is -2.42. The normalized spacial score (nSPS) is 18.2. The van der Waals surface area contributed by atoms with Crippen molar-refractivity contribution in [1.29, 1.82) is 0 Å². The monoisotopic (exact) mass is 332 g/mol. The van der Waals surface area contributed by atoms with Crippen LogP contribution < -0.4 is 0 Å². The van der Waals surface area contributed by atoms with Crippen LogP contribution in [0.3, 0.4) is 0 Å². The minimum Gasteiger partial charge on any atom is -0.441 e. The molecule has 2 aromatic rings. The van der Waals surface area contributed by atoms with E-state index >= 15 is 0 Å². The topological polar surface area (TPSA) is 46.3 Å². The Balaban J connectivity index is 1.58. The van der Waals surface area contributed by atoms with E-state index in [1.807, 2.05) is 29.2 Å². The second-order valence-electron chi connectivity index (χ2n) is 6.06. The number of aromatic nitrogens is 1. The number of benzene rings is 1. The average Bonchev–Trinajstić information content (AvgIpc) is 3.03. The largest absolute Gasteiger partial charge is 0.441 e. The summed E-state index contributed by atoms with van der Waals surface area (Å²) < 4.78 is 5.75. The first kappa shape index (κ1) is 16.1. The minimum absolute atomic E-state index is 0.198. The van der Waals surface area contributed by atoms with Crippen molar-refractivity contribution in [3.63, 3.8) is 0 Å². The maximum absolute atomic E-state index is 12.3. The standard InChI is InChI=1S/C18H21ClN2O2/c1-13-4-2-3-11-21(13)18(22)10-9-17-20-12-16(23-17)14-5-7-15(19)8-6-14/h5-8,12-13H,2-4,9-11H2,1H3. The molecule has 1 aliphatic heterocycles. The number of hydrogen-bond donors (Lipinski definition) is 0. The van der Waals surface area contributed by atoms with Crippen LogP contribution in [-0.4, -0.2) is 28.4 Å².